The minimum absolute atomic E-state index is 0.195. The van der Waals surface area contributed by atoms with Gasteiger partial charge in [-0.2, -0.15) is 0 Å². The Bertz CT molecular complexity index is 611. The van der Waals surface area contributed by atoms with Gasteiger partial charge in [-0.1, -0.05) is 38.2 Å². The summed E-state index contributed by atoms with van der Waals surface area (Å²) in [7, 11) is 1.66. The summed E-state index contributed by atoms with van der Waals surface area (Å²) in [6.07, 6.45) is 10.1. The Morgan fingerprint density at radius 3 is 2.43 bits per heavy atom. The number of β-amino-alcohol motifs (C(OH)–C–C–N with tert-alkyl or cyclic N) is 1. The summed E-state index contributed by atoms with van der Waals surface area (Å²) in [5.74, 6) is 1.38. The summed E-state index contributed by atoms with van der Waals surface area (Å²) in [5, 5.41) is 23.7. The van der Waals surface area contributed by atoms with E-state index in [0.717, 1.165) is 32.5 Å². The van der Waals surface area contributed by atoms with E-state index in [2.05, 4.69) is 16.3 Å². The second-order valence-corrected chi connectivity index (χ2v) is 8.90. The summed E-state index contributed by atoms with van der Waals surface area (Å²) < 4.78 is 11.4. The third kappa shape index (κ3) is 7.73. The van der Waals surface area contributed by atoms with Crippen molar-refractivity contribution in [2.45, 2.75) is 82.6 Å². The Morgan fingerprint density at radius 1 is 1.03 bits per heavy atom. The first-order valence-corrected chi connectivity index (χ1v) is 11.8. The molecule has 0 amide bonds. The Hall–Kier alpha value is -1.34. The molecule has 2 fully saturated rings. The molecule has 0 unspecified atom stereocenters. The fourth-order valence-electron chi connectivity index (χ4n) is 4.50. The summed E-state index contributed by atoms with van der Waals surface area (Å²) in [5.41, 5.74) is 1.19. The van der Waals surface area contributed by atoms with Gasteiger partial charge in [0.1, 0.15) is 12.7 Å². The average Bonchev–Trinajstić information content (AvgIpc) is 2.73. The fourth-order valence-corrected chi connectivity index (χ4v) is 4.50. The van der Waals surface area contributed by atoms with E-state index in [1.54, 1.807) is 7.11 Å². The van der Waals surface area contributed by atoms with E-state index in [1.165, 1.54) is 50.5 Å². The molecule has 1 aromatic rings. The van der Waals surface area contributed by atoms with Gasteiger partial charge in [0.05, 0.1) is 13.2 Å². The molecule has 1 aliphatic carbocycles. The third-order valence-electron chi connectivity index (χ3n) is 6.39. The standard InChI is InChI=1S/C24H40N2O4/c1-29-24-15-19(16-25-20-7-5-3-2-4-6-8-20)9-10-23(24)30-18-22(28)17-26-13-11-21(27)12-14-26/h9-10,15,20-22,25,27-28H,2-8,11-14,16-18H2,1H3/t22-/m1/s1. The van der Waals surface area contributed by atoms with Gasteiger partial charge in [0.25, 0.3) is 0 Å². The van der Waals surface area contributed by atoms with Crippen LogP contribution >= 0.6 is 0 Å². The van der Waals surface area contributed by atoms with Crippen LogP contribution in [0.15, 0.2) is 18.2 Å². The Morgan fingerprint density at radius 2 is 1.73 bits per heavy atom. The lowest BCUT2D eigenvalue weighted by molar-refractivity contribution is 0.0333. The Kier molecular flexibility index (Phi) is 9.72. The first-order valence-electron chi connectivity index (χ1n) is 11.8. The first kappa shape index (κ1) is 23.3. The average molecular weight is 421 g/mol. The van der Waals surface area contributed by atoms with Crippen molar-refractivity contribution in [3.05, 3.63) is 23.8 Å². The van der Waals surface area contributed by atoms with Crippen molar-refractivity contribution in [3.63, 3.8) is 0 Å². The predicted molar refractivity (Wildman–Crippen MR) is 119 cm³/mol. The van der Waals surface area contributed by atoms with Gasteiger partial charge in [0, 0.05) is 32.2 Å². The van der Waals surface area contributed by atoms with Crippen LogP contribution < -0.4 is 14.8 Å². The van der Waals surface area contributed by atoms with Gasteiger partial charge >= 0.3 is 0 Å². The number of aliphatic hydroxyl groups is 2. The van der Waals surface area contributed by atoms with Crippen LogP contribution in [0.1, 0.15) is 63.4 Å². The number of rotatable bonds is 9. The van der Waals surface area contributed by atoms with Crippen molar-refractivity contribution in [1.82, 2.24) is 10.2 Å². The molecule has 1 atom stereocenters. The summed E-state index contributed by atoms with van der Waals surface area (Å²) in [4.78, 5) is 2.18. The van der Waals surface area contributed by atoms with Crippen molar-refractivity contribution >= 4 is 0 Å². The molecule has 6 nitrogen and oxygen atoms in total. The molecule has 1 heterocycles. The molecule has 0 radical (unpaired) electrons. The van der Waals surface area contributed by atoms with Crippen molar-refractivity contribution in [2.75, 3.05) is 33.4 Å². The molecule has 1 aliphatic heterocycles. The second-order valence-electron chi connectivity index (χ2n) is 8.90. The SMILES string of the molecule is COc1cc(CNC2CCCCCCC2)ccc1OC[C@H](O)CN1CCC(O)CC1. The van der Waals surface area contributed by atoms with E-state index < -0.39 is 6.10 Å². The minimum atomic E-state index is -0.564. The van der Waals surface area contributed by atoms with Crippen molar-refractivity contribution in [3.8, 4) is 11.5 Å². The number of hydrogen-bond donors (Lipinski definition) is 3. The van der Waals surface area contributed by atoms with Crippen molar-refractivity contribution in [1.29, 1.82) is 0 Å². The highest BCUT2D eigenvalue weighted by Crippen LogP contribution is 2.28. The van der Waals surface area contributed by atoms with E-state index in [1.807, 2.05) is 12.1 Å². The lowest BCUT2D eigenvalue weighted by Crippen LogP contribution is -2.41. The lowest BCUT2D eigenvalue weighted by atomic mass is 9.96. The summed E-state index contributed by atoms with van der Waals surface area (Å²) in [6.45, 7) is 3.28. The molecule has 170 valence electrons. The minimum Gasteiger partial charge on any atom is -0.493 e. The quantitative estimate of drug-likeness (QED) is 0.570. The number of hydrogen-bond acceptors (Lipinski definition) is 6. The van der Waals surface area contributed by atoms with Gasteiger partial charge in [0.2, 0.25) is 0 Å². The summed E-state index contributed by atoms with van der Waals surface area (Å²) in [6, 6.07) is 6.66. The van der Waals surface area contributed by atoms with Crippen LogP contribution in [0.5, 0.6) is 11.5 Å². The normalized spacial score (nSPS) is 21.0. The van der Waals surface area contributed by atoms with Crippen LogP contribution in [-0.2, 0) is 6.54 Å². The largest absolute Gasteiger partial charge is 0.493 e. The van der Waals surface area contributed by atoms with E-state index in [0.29, 0.717) is 24.1 Å². The van der Waals surface area contributed by atoms with E-state index >= 15 is 0 Å². The maximum atomic E-state index is 10.3. The maximum Gasteiger partial charge on any atom is 0.161 e. The van der Waals surface area contributed by atoms with Crippen LogP contribution in [0.4, 0.5) is 0 Å². The number of aliphatic hydroxyl groups excluding tert-OH is 2. The second kappa shape index (κ2) is 12.5. The van der Waals surface area contributed by atoms with E-state index in [-0.39, 0.29) is 12.7 Å². The third-order valence-corrected chi connectivity index (χ3v) is 6.39. The zero-order chi connectivity index (χ0) is 21.2. The molecule has 1 saturated heterocycles. The summed E-state index contributed by atoms with van der Waals surface area (Å²) >= 11 is 0. The number of methoxy groups -OCH3 is 1. The highest BCUT2D eigenvalue weighted by Gasteiger charge is 2.20. The van der Waals surface area contributed by atoms with Gasteiger partial charge in [-0.05, 0) is 43.4 Å². The number of piperidine rings is 1. The van der Waals surface area contributed by atoms with E-state index in [9.17, 15) is 10.2 Å². The van der Waals surface area contributed by atoms with Gasteiger partial charge in [-0.25, -0.2) is 0 Å². The molecule has 3 rings (SSSR count). The molecule has 0 bridgehead atoms. The highest BCUT2D eigenvalue weighted by atomic mass is 16.5. The molecule has 0 spiro atoms. The predicted octanol–water partition coefficient (Wildman–Crippen LogP) is 3.09. The Labute approximate surface area is 181 Å². The lowest BCUT2D eigenvalue weighted by Gasteiger charge is -2.30. The van der Waals surface area contributed by atoms with Crippen molar-refractivity contribution < 1.29 is 19.7 Å². The molecule has 1 aromatic carbocycles. The maximum absolute atomic E-state index is 10.3. The van der Waals surface area contributed by atoms with Gasteiger partial charge in [0.15, 0.2) is 11.5 Å². The van der Waals surface area contributed by atoms with Crippen LogP contribution in [0.3, 0.4) is 0 Å². The molecule has 2 aliphatic rings. The molecular formula is C24H40N2O4. The zero-order valence-corrected chi connectivity index (χ0v) is 18.5. The fraction of sp³-hybridized carbons (Fsp3) is 0.750. The first-order chi connectivity index (χ1) is 14.6. The van der Waals surface area contributed by atoms with Gasteiger partial charge in [-0.15, -0.1) is 0 Å². The van der Waals surface area contributed by atoms with Crippen LogP contribution in [0, 0.1) is 0 Å². The number of nitrogens with zero attached hydrogens (tertiary/aromatic N) is 1. The number of ether oxygens (including phenoxy) is 2. The van der Waals surface area contributed by atoms with Crippen LogP contribution in [0.2, 0.25) is 0 Å². The Balaban J connectivity index is 1.45. The molecule has 1 saturated carbocycles. The molecule has 0 aromatic heterocycles. The van der Waals surface area contributed by atoms with E-state index in [4.69, 9.17) is 9.47 Å². The topological polar surface area (TPSA) is 74.2 Å². The number of benzene rings is 1. The molecule has 3 N–H and O–H groups in total. The number of likely N-dealkylation sites (tertiary alicyclic amines) is 1. The zero-order valence-electron chi connectivity index (χ0n) is 18.5. The van der Waals surface area contributed by atoms with Crippen molar-refractivity contribution in [2.24, 2.45) is 0 Å². The van der Waals surface area contributed by atoms with Crippen LogP contribution in [0.25, 0.3) is 0 Å². The number of nitrogens with one attached hydrogen (secondary N) is 1. The van der Waals surface area contributed by atoms with Gasteiger partial charge in [-0.3, -0.25) is 0 Å². The van der Waals surface area contributed by atoms with Crippen LogP contribution in [-0.4, -0.2) is 66.7 Å². The molecule has 6 heteroatoms. The smallest absolute Gasteiger partial charge is 0.161 e. The molecular weight excluding hydrogens is 380 g/mol. The highest BCUT2D eigenvalue weighted by molar-refractivity contribution is 5.43. The van der Waals surface area contributed by atoms with Gasteiger partial charge < -0.3 is 29.9 Å². The monoisotopic (exact) mass is 420 g/mol. The molecule has 30 heavy (non-hydrogen) atoms.